The summed E-state index contributed by atoms with van der Waals surface area (Å²) in [6.45, 7) is 1.82. The van der Waals surface area contributed by atoms with Crippen LogP contribution in [-0.2, 0) is 11.4 Å². The molecule has 1 aliphatic rings. The quantitative estimate of drug-likeness (QED) is 0.218. The van der Waals surface area contributed by atoms with E-state index in [9.17, 15) is 4.79 Å². The van der Waals surface area contributed by atoms with Crippen LogP contribution in [0.1, 0.15) is 24.2 Å². The minimum Gasteiger partial charge on any atom is -0.489 e. The lowest BCUT2D eigenvalue weighted by molar-refractivity contribution is -0.111. The summed E-state index contributed by atoms with van der Waals surface area (Å²) in [6, 6.07) is 27.7. The number of ketones is 1. The SMILES string of the molecule is CC(=O)C1=NN(c2ccc(Cl)cc2)[C@H](c2ccc(OCc3ccccc3Cl)cc2)N1c1ccc(Cl)c(Cl)c1. The van der Waals surface area contributed by atoms with Crippen LogP contribution in [0.5, 0.6) is 5.75 Å². The molecule has 0 N–H and O–H groups in total. The van der Waals surface area contributed by atoms with Crippen LogP contribution >= 0.6 is 46.4 Å². The number of hydrazone groups is 1. The van der Waals surface area contributed by atoms with Gasteiger partial charge in [0.05, 0.1) is 15.7 Å². The van der Waals surface area contributed by atoms with E-state index in [1.54, 1.807) is 29.3 Å². The first-order chi connectivity index (χ1) is 18.3. The topological polar surface area (TPSA) is 45.1 Å². The Morgan fingerprint density at radius 3 is 2.16 bits per heavy atom. The molecule has 0 spiro atoms. The number of carbonyl (C=O) groups is 1. The van der Waals surface area contributed by atoms with E-state index in [-0.39, 0.29) is 11.6 Å². The first-order valence-corrected chi connectivity index (χ1v) is 13.2. The number of benzene rings is 4. The van der Waals surface area contributed by atoms with Crippen LogP contribution in [0.2, 0.25) is 20.1 Å². The Morgan fingerprint density at radius 1 is 0.816 bits per heavy atom. The summed E-state index contributed by atoms with van der Waals surface area (Å²) < 4.78 is 5.97. The minimum atomic E-state index is -0.495. The van der Waals surface area contributed by atoms with Gasteiger partial charge in [-0.3, -0.25) is 9.69 Å². The fourth-order valence-corrected chi connectivity index (χ4v) is 4.77. The molecule has 0 unspecified atom stereocenters. The molecule has 5 nitrogen and oxygen atoms in total. The zero-order chi connectivity index (χ0) is 26.8. The average Bonchev–Trinajstić information content (AvgIpc) is 3.31. The Balaban J connectivity index is 1.53. The van der Waals surface area contributed by atoms with E-state index < -0.39 is 6.17 Å². The predicted octanol–water partition coefficient (Wildman–Crippen LogP) is 8.81. The number of hydrogen-bond donors (Lipinski definition) is 0. The molecule has 192 valence electrons. The van der Waals surface area contributed by atoms with Crippen LogP contribution in [-0.4, -0.2) is 11.6 Å². The number of amidine groups is 1. The molecule has 0 saturated heterocycles. The van der Waals surface area contributed by atoms with E-state index in [0.717, 1.165) is 16.8 Å². The molecule has 0 saturated carbocycles. The van der Waals surface area contributed by atoms with Gasteiger partial charge in [0.15, 0.2) is 17.8 Å². The standard InChI is InChI=1S/C29H21Cl4N3O2/c1-18(37)28-34-36(22-10-8-21(30)9-11-22)29(35(28)23-12-15-26(32)27(33)16-23)19-6-13-24(14-7-19)38-17-20-4-2-3-5-25(20)31/h2-16,29H,17H2,1H3/t29-/m1/s1. The van der Waals surface area contributed by atoms with Gasteiger partial charge in [0, 0.05) is 28.2 Å². The van der Waals surface area contributed by atoms with Crippen LogP contribution in [0.15, 0.2) is 96.1 Å². The summed E-state index contributed by atoms with van der Waals surface area (Å²) in [6.07, 6.45) is -0.495. The maximum Gasteiger partial charge on any atom is 0.198 e. The smallest absolute Gasteiger partial charge is 0.198 e. The average molecular weight is 585 g/mol. The van der Waals surface area contributed by atoms with Crippen molar-refractivity contribution in [3.8, 4) is 5.75 Å². The highest BCUT2D eigenvalue weighted by atomic mass is 35.5. The third-order valence-corrected chi connectivity index (χ3v) is 7.38. The molecule has 9 heteroatoms. The lowest BCUT2D eigenvalue weighted by Crippen LogP contribution is -2.37. The van der Waals surface area contributed by atoms with Gasteiger partial charge in [0.2, 0.25) is 0 Å². The predicted molar refractivity (Wildman–Crippen MR) is 156 cm³/mol. The number of nitrogens with zero attached hydrogens (tertiary/aromatic N) is 3. The van der Waals surface area contributed by atoms with E-state index in [0.29, 0.717) is 38.1 Å². The first kappa shape index (κ1) is 26.4. The van der Waals surface area contributed by atoms with Crippen LogP contribution < -0.4 is 14.6 Å². The highest BCUT2D eigenvalue weighted by molar-refractivity contribution is 6.45. The van der Waals surface area contributed by atoms with Gasteiger partial charge in [-0.15, -0.1) is 5.10 Å². The molecule has 0 bridgehead atoms. The Hall–Kier alpha value is -3.22. The number of carbonyl (C=O) groups excluding carboxylic acids is 1. The van der Waals surface area contributed by atoms with Crippen LogP contribution in [0, 0.1) is 0 Å². The molecule has 1 atom stereocenters. The van der Waals surface area contributed by atoms with Gasteiger partial charge in [-0.2, -0.15) is 0 Å². The van der Waals surface area contributed by atoms with E-state index in [1.165, 1.54) is 6.92 Å². The largest absolute Gasteiger partial charge is 0.489 e. The Kier molecular flexibility index (Phi) is 7.82. The normalized spacial score (nSPS) is 15.0. The summed E-state index contributed by atoms with van der Waals surface area (Å²) >= 11 is 25.0. The second-order valence-electron chi connectivity index (χ2n) is 8.59. The van der Waals surface area contributed by atoms with Gasteiger partial charge in [-0.05, 0) is 66.2 Å². The molecule has 0 fully saturated rings. The summed E-state index contributed by atoms with van der Waals surface area (Å²) in [7, 11) is 0. The maximum atomic E-state index is 12.8. The third-order valence-electron chi connectivity index (χ3n) is 6.02. The van der Waals surface area contributed by atoms with Gasteiger partial charge in [0.25, 0.3) is 0 Å². The van der Waals surface area contributed by atoms with Gasteiger partial charge in [-0.25, -0.2) is 5.01 Å². The summed E-state index contributed by atoms with van der Waals surface area (Å²) in [5.74, 6) is 0.748. The highest BCUT2D eigenvalue weighted by Gasteiger charge is 2.39. The maximum absolute atomic E-state index is 12.8. The number of ether oxygens (including phenoxy) is 1. The number of Topliss-reactive ketones (excluding diaryl/α,β-unsaturated/α-hetero) is 1. The first-order valence-electron chi connectivity index (χ1n) is 11.7. The summed E-state index contributed by atoms with van der Waals surface area (Å²) in [5.41, 5.74) is 3.21. The zero-order valence-electron chi connectivity index (χ0n) is 20.1. The van der Waals surface area contributed by atoms with Crippen molar-refractivity contribution in [2.75, 3.05) is 9.91 Å². The molecule has 0 radical (unpaired) electrons. The molecule has 0 amide bonds. The van der Waals surface area contributed by atoms with Crippen molar-refractivity contribution < 1.29 is 9.53 Å². The third kappa shape index (κ3) is 5.47. The molecule has 1 heterocycles. The molecule has 4 aromatic carbocycles. The van der Waals surface area contributed by atoms with Crippen molar-refractivity contribution in [2.24, 2.45) is 5.10 Å². The highest BCUT2D eigenvalue weighted by Crippen LogP contribution is 2.41. The number of anilines is 2. The Morgan fingerprint density at radius 2 is 1.50 bits per heavy atom. The minimum absolute atomic E-state index is 0.197. The number of hydrogen-bond acceptors (Lipinski definition) is 5. The van der Waals surface area contributed by atoms with Crippen LogP contribution in [0.3, 0.4) is 0 Å². The van der Waals surface area contributed by atoms with Crippen molar-refractivity contribution in [2.45, 2.75) is 19.7 Å². The van der Waals surface area contributed by atoms with E-state index in [2.05, 4.69) is 0 Å². The van der Waals surface area contributed by atoms with E-state index in [1.807, 2.05) is 71.6 Å². The van der Waals surface area contributed by atoms with Crippen molar-refractivity contribution in [1.29, 1.82) is 0 Å². The molecule has 0 aliphatic carbocycles. The molecular formula is C29H21Cl4N3O2. The van der Waals surface area contributed by atoms with Crippen molar-refractivity contribution in [3.63, 3.8) is 0 Å². The Labute approximate surface area is 240 Å². The molecule has 4 aromatic rings. The fraction of sp³-hybridized carbons (Fsp3) is 0.103. The molecular weight excluding hydrogens is 564 g/mol. The molecule has 1 aliphatic heterocycles. The van der Waals surface area contributed by atoms with Gasteiger partial charge >= 0.3 is 0 Å². The second-order valence-corrected chi connectivity index (χ2v) is 10.3. The summed E-state index contributed by atoms with van der Waals surface area (Å²) in [4.78, 5) is 14.6. The molecule has 38 heavy (non-hydrogen) atoms. The van der Waals surface area contributed by atoms with Crippen LogP contribution in [0.4, 0.5) is 11.4 Å². The van der Waals surface area contributed by atoms with E-state index in [4.69, 9.17) is 56.2 Å². The van der Waals surface area contributed by atoms with Gasteiger partial charge in [0.1, 0.15) is 12.4 Å². The molecule has 0 aromatic heterocycles. The fourth-order valence-electron chi connectivity index (χ4n) is 4.16. The van der Waals surface area contributed by atoms with Gasteiger partial charge in [-0.1, -0.05) is 76.7 Å². The molecule has 5 rings (SSSR count). The second kappa shape index (κ2) is 11.3. The monoisotopic (exact) mass is 583 g/mol. The van der Waals surface area contributed by atoms with Gasteiger partial charge < -0.3 is 4.74 Å². The Bertz CT molecular complexity index is 1510. The van der Waals surface area contributed by atoms with Crippen molar-refractivity contribution in [3.05, 3.63) is 122 Å². The zero-order valence-corrected chi connectivity index (χ0v) is 23.1. The number of halogens is 4. The summed E-state index contributed by atoms with van der Waals surface area (Å²) in [5, 5.41) is 8.56. The van der Waals surface area contributed by atoms with Crippen molar-refractivity contribution in [1.82, 2.24) is 0 Å². The van der Waals surface area contributed by atoms with E-state index >= 15 is 0 Å². The lowest BCUT2D eigenvalue weighted by atomic mass is 10.1. The van der Waals surface area contributed by atoms with Crippen molar-refractivity contribution >= 4 is 69.4 Å². The lowest BCUT2D eigenvalue weighted by Gasteiger charge is -2.32. The van der Waals surface area contributed by atoms with Crippen LogP contribution in [0.25, 0.3) is 0 Å². The number of rotatable bonds is 7.